The predicted molar refractivity (Wildman–Crippen MR) is 111 cm³/mol. The Labute approximate surface area is 185 Å². The summed E-state index contributed by atoms with van der Waals surface area (Å²) in [6.07, 6.45) is -1.75. The van der Waals surface area contributed by atoms with Crippen molar-refractivity contribution in [2.45, 2.75) is 28.8 Å². The molecular weight excluding hydrogens is 467 g/mol. The molecule has 4 heterocycles. The number of halogens is 3. The zero-order chi connectivity index (χ0) is 23.1. The first kappa shape index (κ1) is 22.6. The van der Waals surface area contributed by atoms with Gasteiger partial charge in [-0.05, 0) is 40.8 Å². The fourth-order valence-electron chi connectivity index (χ4n) is 4.09. The minimum atomic E-state index is -5.08. The van der Waals surface area contributed by atoms with Gasteiger partial charge in [0.2, 0.25) is 0 Å². The van der Waals surface area contributed by atoms with E-state index in [9.17, 15) is 21.6 Å². The summed E-state index contributed by atoms with van der Waals surface area (Å²) in [5, 5.41) is 8.87. The van der Waals surface area contributed by atoms with Gasteiger partial charge in [0, 0.05) is 36.0 Å². The molecule has 11 heteroatoms. The van der Waals surface area contributed by atoms with E-state index in [-0.39, 0.29) is 11.2 Å². The highest BCUT2D eigenvalue weighted by atomic mass is 32.2. The Morgan fingerprint density at radius 3 is 2.53 bits per heavy atom. The number of aliphatic carboxylic acids is 1. The number of fused-ring (bicyclic) bond motifs is 3. The van der Waals surface area contributed by atoms with E-state index >= 15 is 0 Å². The second kappa shape index (κ2) is 8.38. The van der Waals surface area contributed by atoms with Gasteiger partial charge in [-0.25, -0.2) is 13.2 Å². The van der Waals surface area contributed by atoms with Gasteiger partial charge >= 0.3 is 12.1 Å². The van der Waals surface area contributed by atoms with Crippen molar-refractivity contribution in [3.05, 3.63) is 64.7 Å². The van der Waals surface area contributed by atoms with Crippen LogP contribution in [-0.4, -0.2) is 48.9 Å². The summed E-state index contributed by atoms with van der Waals surface area (Å²) in [6, 6.07) is 11.7. The number of alkyl halides is 3. The molecule has 2 atom stereocenters. The molecule has 6 nitrogen and oxygen atoms in total. The van der Waals surface area contributed by atoms with Crippen LogP contribution in [0.4, 0.5) is 13.2 Å². The van der Waals surface area contributed by atoms with Crippen LogP contribution in [0, 0.1) is 0 Å². The molecule has 3 aromatic rings. The molecule has 0 saturated carbocycles. The maximum atomic E-state index is 13.0. The summed E-state index contributed by atoms with van der Waals surface area (Å²) >= 11 is 1.72. The smallest absolute Gasteiger partial charge is 0.475 e. The molecule has 5 rings (SSSR count). The zero-order valence-corrected chi connectivity index (χ0v) is 18.1. The third-order valence-corrected chi connectivity index (χ3v) is 8.63. The number of thiophene rings is 1. The van der Waals surface area contributed by atoms with Gasteiger partial charge < -0.3 is 9.52 Å². The highest BCUT2D eigenvalue weighted by Crippen LogP contribution is 2.46. The molecule has 1 saturated heterocycles. The van der Waals surface area contributed by atoms with E-state index in [1.807, 2.05) is 24.3 Å². The molecule has 2 unspecified atom stereocenters. The van der Waals surface area contributed by atoms with E-state index < -0.39 is 22.0 Å². The van der Waals surface area contributed by atoms with Crippen LogP contribution >= 0.6 is 11.3 Å². The topological polar surface area (TPSA) is 87.8 Å². The van der Waals surface area contributed by atoms with Crippen LogP contribution in [0.25, 0.3) is 11.1 Å². The number of sulfone groups is 1. The zero-order valence-electron chi connectivity index (χ0n) is 16.4. The SMILES string of the molecule is O=C(O)C(F)(F)F.O=S1(=O)c2ccc(-c3ccoc3)cc2C2CN(Cc3cccs3)CC21. The van der Waals surface area contributed by atoms with E-state index in [2.05, 4.69) is 16.3 Å². The average Bonchev–Trinajstić information content (AvgIpc) is 3.51. The summed E-state index contributed by atoms with van der Waals surface area (Å²) in [6.45, 7) is 2.24. The number of carbonyl (C=O) groups is 1. The summed E-state index contributed by atoms with van der Waals surface area (Å²) < 4.78 is 62.8. The Hall–Kier alpha value is -2.63. The first-order chi connectivity index (χ1) is 15.1. The number of carboxylic acid groups (broad SMARTS) is 1. The molecule has 2 aromatic heterocycles. The molecule has 170 valence electrons. The first-order valence-corrected chi connectivity index (χ1v) is 11.9. The van der Waals surface area contributed by atoms with Crippen LogP contribution in [0.1, 0.15) is 16.4 Å². The third-order valence-electron chi connectivity index (χ3n) is 5.51. The molecule has 0 bridgehead atoms. The van der Waals surface area contributed by atoms with Crippen molar-refractivity contribution in [1.82, 2.24) is 4.90 Å². The number of hydrogen-bond acceptors (Lipinski definition) is 6. The normalized spacial score (nSPS) is 21.5. The maximum Gasteiger partial charge on any atom is 0.490 e. The van der Waals surface area contributed by atoms with E-state index in [0.29, 0.717) is 11.4 Å². The number of likely N-dealkylation sites (tertiary alicyclic amines) is 1. The number of rotatable bonds is 3. The highest BCUT2D eigenvalue weighted by Gasteiger charge is 2.50. The lowest BCUT2D eigenvalue weighted by atomic mass is 9.95. The summed E-state index contributed by atoms with van der Waals surface area (Å²) in [7, 11) is -3.24. The van der Waals surface area contributed by atoms with Crippen molar-refractivity contribution < 1.29 is 35.9 Å². The highest BCUT2D eigenvalue weighted by molar-refractivity contribution is 7.92. The molecular formula is C21H18F3NO5S2. The van der Waals surface area contributed by atoms with Gasteiger partial charge in [0.05, 0.1) is 22.7 Å². The maximum absolute atomic E-state index is 13.0. The summed E-state index contributed by atoms with van der Waals surface area (Å²) in [5.74, 6) is -2.70. The minimum absolute atomic E-state index is 0.0619. The molecule has 0 spiro atoms. The Morgan fingerprint density at radius 1 is 1.19 bits per heavy atom. The van der Waals surface area contributed by atoms with E-state index in [4.69, 9.17) is 14.3 Å². The molecule has 0 radical (unpaired) electrons. The Kier molecular flexibility index (Phi) is 5.91. The standard InChI is InChI=1S/C19H17NO3S2.C2HF3O2/c21-25(22)18-4-3-13(14-5-6-23-12-14)8-16(18)17-10-20(11-19(17)25)9-15-2-1-7-24-15;3-2(4,5)1(6)7/h1-8,12,17,19H,9-11H2;(H,6,7). The van der Waals surface area contributed by atoms with Gasteiger partial charge in [0.1, 0.15) is 0 Å². The van der Waals surface area contributed by atoms with Gasteiger partial charge in [-0.1, -0.05) is 12.1 Å². The van der Waals surface area contributed by atoms with Crippen LogP contribution in [0.5, 0.6) is 0 Å². The average molecular weight is 486 g/mol. The lowest BCUT2D eigenvalue weighted by Gasteiger charge is -2.16. The van der Waals surface area contributed by atoms with Crippen molar-refractivity contribution in [2.24, 2.45) is 0 Å². The molecule has 1 aromatic carbocycles. The van der Waals surface area contributed by atoms with E-state index in [0.717, 1.165) is 29.8 Å². The fourth-order valence-corrected chi connectivity index (χ4v) is 7.03. The third kappa shape index (κ3) is 4.32. The van der Waals surface area contributed by atoms with Gasteiger partial charge in [0.15, 0.2) is 9.84 Å². The van der Waals surface area contributed by atoms with Crippen LogP contribution in [0.15, 0.2) is 63.6 Å². The number of carboxylic acids is 1. The number of benzene rings is 1. The summed E-state index contributed by atoms with van der Waals surface area (Å²) in [5.41, 5.74) is 2.97. The predicted octanol–water partition coefficient (Wildman–Crippen LogP) is 4.40. The van der Waals surface area contributed by atoms with Crippen molar-refractivity contribution in [2.75, 3.05) is 13.1 Å². The summed E-state index contributed by atoms with van der Waals surface area (Å²) in [4.78, 5) is 13.0. The monoisotopic (exact) mass is 485 g/mol. The minimum Gasteiger partial charge on any atom is -0.475 e. The molecule has 0 aliphatic carbocycles. The van der Waals surface area contributed by atoms with Gasteiger partial charge in [0.25, 0.3) is 0 Å². The number of furan rings is 1. The largest absolute Gasteiger partial charge is 0.490 e. The molecule has 2 aliphatic heterocycles. The molecule has 2 aliphatic rings. The van der Waals surface area contributed by atoms with E-state index in [1.54, 1.807) is 29.9 Å². The van der Waals surface area contributed by atoms with Crippen LogP contribution in [0.2, 0.25) is 0 Å². The van der Waals surface area contributed by atoms with Crippen molar-refractivity contribution in [3.63, 3.8) is 0 Å². The quantitative estimate of drug-likeness (QED) is 0.592. The van der Waals surface area contributed by atoms with Crippen LogP contribution in [0.3, 0.4) is 0 Å². The van der Waals surface area contributed by atoms with Crippen LogP contribution < -0.4 is 0 Å². The molecule has 1 fully saturated rings. The molecule has 32 heavy (non-hydrogen) atoms. The molecule has 1 N–H and O–H groups in total. The fraction of sp³-hybridized carbons (Fsp3) is 0.286. The second-order valence-electron chi connectivity index (χ2n) is 7.53. The van der Waals surface area contributed by atoms with Crippen molar-refractivity contribution >= 4 is 27.1 Å². The van der Waals surface area contributed by atoms with Crippen molar-refractivity contribution in [1.29, 1.82) is 0 Å². The molecule has 0 amide bonds. The number of nitrogens with zero attached hydrogens (tertiary/aromatic N) is 1. The van der Waals surface area contributed by atoms with E-state index in [1.165, 1.54) is 4.88 Å². The van der Waals surface area contributed by atoms with Gasteiger partial charge in [-0.2, -0.15) is 13.2 Å². The Morgan fingerprint density at radius 2 is 1.94 bits per heavy atom. The van der Waals surface area contributed by atoms with Crippen molar-refractivity contribution in [3.8, 4) is 11.1 Å². The Bertz CT molecular complexity index is 1200. The first-order valence-electron chi connectivity index (χ1n) is 9.52. The van der Waals surface area contributed by atoms with Crippen LogP contribution in [-0.2, 0) is 21.2 Å². The number of hydrogen-bond donors (Lipinski definition) is 1. The van der Waals surface area contributed by atoms with Gasteiger partial charge in [-0.15, -0.1) is 11.3 Å². The Balaban J connectivity index is 0.000000307. The lowest BCUT2D eigenvalue weighted by molar-refractivity contribution is -0.192. The van der Waals surface area contributed by atoms with Gasteiger partial charge in [-0.3, -0.25) is 4.90 Å². The second-order valence-corrected chi connectivity index (χ2v) is 10.7. The lowest BCUT2D eigenvalue weighted by Crippen LogP contribution is -2.25.